The van der Waals surface area contributed by atoms with E-state index in [1.807, 2.05) is 42.5 Å². The Kier molecular flexibility index (Phi) is 27.5. The summed E-state index contributed by atoms with van der Waals surface area (Å²) in [5.74, 6) is -12.7. The molecular formula is C60H92N12O15. The highest BCUT2D eigenvalue weighted by Gasteiger charge is 2.53. The summed E-state index contributed by atoms with van der Waals surface area (Å²) >= 11 is 0. The van der Waals surface area contributed by atoms with Crippen LogP contribution in [0.3, 0.4) is 0 Å². The molecule has 482 valence electrons. The molecule has 1 saturated carbocycles. The molecule has 27 nitrogen and oxygen atoms in total. The van der Waals surface area contributed by atoms with E-state index in [2.05, 4.69) is 58.5 Å². The lowest BCUT2D eigenvalue weighted by molar-refractivity contribution is -0.157. The lowest BCUT2D eigenvalue weighted by Gasteiger charge is -2.31. The summed E-state index contributed by atoms with van der Waals surface area (Å²) in [5.41, 5.74) is 5.02. The smallest absolute Gasteiger partial charge is 0.329 e. The van der Waals surface area contributed by atoms with E-state index in [0.717, 1.165) is 16.3 Å². The SMILES string of the molecule is CC[C@H](C)[C@H](NC(=O)[C@@H](Cc1ccc2ccccc2c1)NC)C(=O)N[C@@H](CO)C(=O)N[C@H](CCC(N)=O)C(=O)N[C@@H](C(=O)N[C@H](C(=O)N[C@@H](CO)C(=O)N[C@H]1C(=O)N[C@@H](C)C(=O)NC2(CC2)C(=O)N[C@@H]([C@@H](C)CC)C(=O)O[C@H]1C)[C@@H](C)CC)[C@@H](C)CC. The van der Waals surface area contributed by atoms with Gasteiger partial charge in [-0.15, -0.1) is 0 Å². The molecule has 1 saturated heterocycles. The first-order valence-electron chi connectivity index (χ1n) is 30.0. The average molecular weight is 1220 g/mol. The number of hydrogen-bond donors (Lipinski definition) is 14. The molecule has 27 heteroatoms. The molecule has 0 bridgehead atoms. The second-order valence-electron chi connectivity index (χ2n) is 23.2. The van der Waals surface area contributed by atoms with E-state index in [1.54, 1.807) is 62.4 Å². The number of nitrogens with two attached hydrogens (primary N) is 1. The van der Waals surface area contributed by atoms with Crippen molar-refractivity contribution >= 4 is 81.7 Å². The number of aliphatic hydroxyl groups excluding tert-OH is 2. The van der Waals surface area contributed by atoms with Crippen molar-refractivity contribution in [2.24, 2.45) is 29.4 Å². The van der Waals surface area contributed by atoms with Crippen molar-refractivity contribution in [2.75, 3.05) is 20.3 Å². The molecule has 2 aromatic rings. The summed E-state index contributed by atoms with van der Waals surface area (Å²) < 4.78 is 5.69. The third-order valence-corrected chi connectivity index (χ3v) is 16.6. The summed E-state index contributed by atoms with van der Waals surface area (Å²) in [5, 5.41) is 51.6. The maximum atomic E-state index is 14.4. The van der Waals surface area contributed by atoms with Crippen molar-refractivity contribution in [3.8, 4) is 0 Å². The molecule has 0 unspecified atom stereocenters. The largest absolute Gasteiger partial charge is 0.458 e. The second-order valence-corrected chi connectivity index (χ2v) is 23.2. The molecule has 87 heavy (non-hydrogen) atoms. The molecule has 1 aliphatic heterocycles. The fourth-order valence-electron chi connectivity index (χ4n) is 9.69. The number of benzene rings is 2. The number of hydrogen-bond acceptors (Lipinski definition) is 16. The lowest BCUT2D eigenvalue weighted by atomic mass is 9.94. The standard InChI is InChI=1S/C60H92N12O15/c1-12-30(5)44(68-51(78)40(62-11)27-36-20-21-37-18-16-17-19-38(37)26-36)54(81)65-41(28-73)52(79)64-39(22-23-43(61)75)50(77)67-46(32(7)14-3)56(83)69-45(31(6)13-2)55(82)66-42(29-74)53(80)70-48-35(10)87-58(85)47(33(8)15-4)71-59(86)60(24-25-60)72-49(76)34(9)63-57(48)84/h16-21,26,30-35,39-42,44-48,62,73-74H,12-15,22-25,27-29H2,1-11H3,(H2,61,75)(H,63,84)(H,64,79)(H,65,81)(H,66,82)(H,67,77)(H,68,78)(H,69,83)(H,70,80)(H,71,86)(H,72,76)/t30-,31-,32-,33-,34-,35-,39+,40+,41-,42-,44-,45-,46+,47-,48+/m0/s1. The Hall–Kier alpha value is -7.78. The van der Waals surface area contributed by atoms with E-state index in [9.17, 15) is 67.7 Å². The number of carbonyl (C=O) groups excluding carboxylic acids is 12. The van der Waals surface area contributed by atoms with E-state index in [4.69, 9.17) is 10.5 Å². The Morgan fingerprint density at radius 2 is 1.10 bits per heavy atom. The third kappa shape index (κ3) is 19.9. The number of amides is 11. The van der Waals surface area contributed by atoms with Gasteiger partial charge in [0.2, 0.25) is 65.0 Å². The average Bonchev–Trinajstić information content (AvgIpc) is 1.86. The first-order valence-corrected chi connectivity index (χ1v) is 30.0. The Labute approximate surface area is 507 Å². The molecule has 15 N–H and O–H groups in total. The molecule has 1 heterocycles. The minimum Gasteiger partial charge on any atom is -0.458 e. The number of carbonyl (C=O) groups is 12. The van der Waals surface area contributed by atoms with Gasteiger partial charge < -0.3 is 79.2 Å². The molecule has 2 fully saturated rings. The van der Waals surface area contributed by atoms with Crippen LogP contribution in [0.1, 0.15) is 126 Å². The van der Waals surface area contributed by atoms with Gasteiger partial charge in [-0.25, -0.2) is 4.79 Å². The number of esters is 1. The van der Waals surface area contributed by atoms with E-state index in [0.29, 0.717) is 12.8 Å². The van der Waals surface area contributed by atoms with Crippen LogP contribution in [0.4, 0.5) is 0 Å². The fraction of sp³-hybridized carbons (Fsp3) is 0.633. The van der Waals surface area contributed by atoms with Crippen LogP contribution in [0.2, 0.25) is 0 Å². The Morgan fingerprint density at radius 3 is 1.60 bits per heavy atom. The van der Waals surface area contributed by atoms with Gasteiger partial charge in [0.25, 0.3) is 0 Å². The van der Waals surface area contributed by atoms with Crippen molar-refractivity contribution < 1.29 is 72.5 Å². The maximum absolute atomic E-state index is 14.4. The van der Waals surface area contributed by atoms with Crippen LogP contribution in [0, 0.1) is 23.7 Å². The molecule has 4 rings (SSSR count). The van der Waals surface area contributed by atoms with Crippen LogP contribution in [-0.4, -0.2) is 173 Å². The van der Waals surface area contributed by atoms with E-state index in [1.165, 1.54) is 13.8 Å². The first-order chi connectivity index (χ1) is 41.1. The number of fused-ring (bicyclic) bond motifs is 1. The number of ether oxygens (including phenoxy) is 1. The molecule has 1 spiro atoms. The molecular weight excluding hydrogens is 1130 g/mol. The normalized spacial score (nSPS) is 21.5. The zero-order chi connectivity index (χ0) is 65.0. The second kappa shape index (κ2) is 33.4. The molecule has 1 aliphatic carbocycles. The van der Waals surface area contributed by atoms with Crippen molar-refractivity contribution in [1.29, 1.82) is 0 Å². The van der Waals surface area contributed by atoms with Gasteiger partial charge in [0.05, 0.1) is 19.3 Å². The minimum absolute atomic E-state index is 0.265. The Balaban J connectivity index is 1.50. The van der Waals surface area contributed by atoms with Gasteiger partial charge >= 0.3 is 5.97 Å². The number of primary amides is 1. The molecule has 11 amide bonds. The van der Waals surface area contributed by atoms with Crippen LogP contribution in [0.25, 0.3) is 10.8 Å². The monoisotopic (exact) mass is 1220 g/mol. The van der Waals surface area contributed by atoms with Crippen LogP contribution < -0.4 is 64.2 Å². The summed E-state index contributed by atoms with van der Waals surface area (Å²) in [7, 11) is 1.61. The zero-order valence-electron chi connectivity index (χ0n) is 51.8. The molecule has 2 aliphatic rings. The highest BCUT2D eigenvalue weighted by Crippen LogP contribution is 2.36. The van der Waals surface area contributed by atoms with Crippen LogP contribution >= 0.6 is 0 Å². The molecule has 0 radical (unpaired) electrons. The topological polar surface area (TPSA) is 413 Å². The minimum atomic E-state index is -1.80. The maximum Gasteiger partial charge on any atom is 0.329 e. The zero-order valence-corrected chi connectivity index (χ0v) is 51.8. The Bertz CT molecular complexity index is 2800. The van der Waals surface area contributed by atoms with Gasteiger partial charge in [-0.05, 0) is 86.6 Å². The van der Waals surface area contributed by atoms with Gasteiger partial charge in [-0.2, -0.15) is 0 Å². The molecule has 15 atom stereocenters. The number of nitrogens with one attached hydrogen (secondary N) is 11. The summed E-state index contributed by atoms with van der Waals surface area (Å²) in [4.78, 5) is 165. The quantitative estimate of drug-likeness (QED) is 0.0391. The first kappa shape index (κ1) is 71.7. The van der Waals surface area contributed by atoms with E-state index >= 15 is 0 Å². The van der Waals surface area contributed by atoms with Crippen molar-refractivity contribution in [3.63, 3.8) is 0 Å². The number of aliphatic hydroxyl groups is 2. The van der Waals surface area contributed by atoms with Crippen LogP contribution in [0.15, 0.2) is 42.5 Å². The lowest BCUT2D eigenvalue weighted by Crippen LogP contribution is -2.63. The van der Waals surface area contributed by atoms with Crippen molar-refractivity contribution in [1.82, 2.24) is 58.5 Å². The van der Waals surface area contributed by atoms with Gasteiger partial charge in [0.15, 0.2) is 0 Å². The summed E-state index contributed by atoms with van der Waals surface area (Å²) in [6.07, 6.45) is -0.0794. The predicted octanol–water partition coefficient (Wildman–Crippen LogP) is -1.62. The van der Waals surface area contributed by atoms with Gasteiger partial charge in [0.1, 0.15) is 66.0 Å². The Morgan fingerprint density at radius 1 is 0.621 bits per heavy atom. The summed E-state index contributed by atoms with van der Waals surface area (Å²) in [6, 6.07) is -0.512. The van der Waals surface area contributed by atoms with Gasteiger partial charge in [0, 0.05) is 6.42 Å². The van der Waals surface area contributed by atoms with Gasteiger partial charge in [-0.3, -0.25) is 52.7 Å². The predicted molar refractivity (Wildman–Crippen MR) is 320 cm³/mol. The highest BCUT2D eigenvalue weighted by atomic mass is 16.5. The number of cyclic esters (lactones) is 1. The van der Waals surface area contributed by atoms with Crippen LogP contribution in [-0.2, 0) is 68.7 Å². The third-order valence-electron chi connectivity index (χ3n) is 16.6. The molecule has 2 aromatic carbocycles. The van der Waals surface area contributed by atoms with Crippen LogP contribution in [0.5, 0.6) is 0 Å². The fourth-order valence-corrected chi connectivity index (χ4v) is 9.69. The van der Waals surface area contributed by atoms with E-state index < -0.39 is 193 Å². The number of rotatable bonds is 30. The van der Waals surface area contributed by atoms with E-state index in [-0.39, 0.29) is 32.1 Å². The highest BCUT2D eigenvalue weighted by molar-refractivity contribution is 6.01. The van der Waals surface area contributed by atoms with Gasteiger partial charge in [-0.1, -0.05) is 124 Å². The summed E-state index contributed by atoms with van der Waals surface area (Å²) in [6.45, 7) is 14.3. The van der Waals surface area contributed by atoms with Crippen molar-refractivity contribution in [2.45, 2.75) is 199 Å². The van der Waals surface area contributed by atoms with Crippen molar-refractivity contribution in [3.05, 3.63) is 48.0 Å². The number of likely N-dealkylation sites (N-methyl/N-ethyl adjacent to an activating group) is 1. The molecule has 0 aromatic heterocycles.